The summed E-state index contributed by atoms with van der Waals surface area (Å²) in [5.41, 5.74) is 1.05. The van der Waals surface area contributed by atoms with E-state index in [-0.39, 0.29) is 17.1 Å². The van der Waals surface area contributed by atoms with Crippen LogP contribution in [0.25, 0.3) is 0 Å². The third-order valence-electron chi connectivity index (χ3n) is 2.94. The summed E-state index contributed by atoms with van der Waals surface area (Å²) in [4.78, 5) is 16.1. The quantitative estimate of drug-likeness (QED) is 0.895. The number of aromatic nitrogens is 3. The number of carbonyl (C=O) groups excluding carboxylic acids is 1. The highest BCUT2D eigenvalue weighted by molar-refractivity contribution is 5.90. The Morgan fingerprint density at radius 2 is 1.95 bits per heavy atom. The summed E-state index contributed by atoms with van der Waals surface area (Å²) in [5.74, 6) is 0.668. The lowest BCUT2D eigenvalue weighted by atomic mass is 9.96. The molecule has 0 atom stereocenters. The third kappa shape index (κ3) is 3.66. The van der Waals surface area contributed by atoms with Gasteiger partial charge in [-0.1, -0.05) is 51.1 Å². The Hall–Kier alpha value is -2.17. The highest BCUT2D eigenvalue weighted by Gasteiger charge is 2.20. The lowest BCUT2D eigenvalue weighted by molar-refractivity contribution is 0.0944. The van der Waals surface area contributed by atoms with Crippen molar-refractivity contribution in [2.45, 2.75) is 32.6 Å². The van der Waals surface area contributed by atoms with Crippen LogP contribution in [0.4, 0.5) is 0 Å². The molecule has 0 aliphatic heterocycles. The fraction of sp³-hybridized carbons (Fsp3) is 0.400. The Kier molecular flexibility index (Phi) is 4.17. The normalized spacial score (nSPS) is 11.3. The second kappa shape index (κ2) is 5.86. The maximum absolute atomic E-state index is 11.9. The highest BCUT2D eigenvalue weighted by Crippen LogP contribution is 2.17. The fourth-order valence-electron chi connectivity index (χ4n) is 1.74. The summed E-state index contributed by atoms with van der Waals surface area (Å²) in [6.45, 7) is 6.63. The van der Waals surface area contributed by atoms with Gasteiger partial charge in [0.25, 0.3) is 5.91 Å². The number of carbonyl (C=O) groups is 1. The molecule has 2 aromatic rings. The van der Waals surface area contributed by atoms with Crippen molar-refractivity contribution >= 4 is 5.91 Å². The molecule has 5 heteroatoms. The Morgan fingerprint density at radius 3 is 2.55 bits per heavy atom. The van der Waals surface area contributed by atoms with Crippen molar-refractivity contribution in [1.82, 2.24) is 20.5 Å². The fourth-order valence-corrected chi connectivity index (χ4v) is 1.74. The van der Waals surface area contributed by atoms with Crippen LogP contribution in [0.15, 0.2) is 30.3 Å². The summed E-state index contributed by atoms with van der Waals surface area (Å²) < 4.78 is 0. The van der Waals surface area contributed by atoms with E-state index in [0.717, 1.165) is 6.42 Å². The van der Waals surface area contributed by atoms with Gasteiger partial charge in [0.1, 0.15) is 5.82 Å². The zero-order valence-electron chi connectivity index (χ0n) is 12.1. The van der Waals surface area contributed by atoms with E-state index in [1.807, 2.05) is 51.1 Å². The predicted molar refractivity (Wildman–Crippen MR) is 77.6 cm³/mol. The molecular formula is C15H20N4O. The van der Waals surface area contributed by atoms with Gasteiger partial charge in [-0.25, -0.2) is 4.98 Å². The van der Waals surface area contributed by atoms with Crippen LogP contribution in [0.1, 0.15) is 42.8 Å². The van der Waals surface area contributed by atoms with Gasteiger partial charge >= 0.3 is 0 Å². The maximum Gasteiger partial charge on any atom is 0.290 e. The average molecular weight is 272 g/mol. The SMILES string of the molecule is CC(C)(C)c1nc(C(=O)NCCc2ccccc2)n[nH]1. The lowest BCUT2D eigenvalue weighted by Gasteiger charge is -2.12. The van der Waals surface area contributed by atoms with Crippen molar-refractivity contribution in [2.24, 2.45) is 0 Å². The first-order valence-electron chi connectivity index (χ1n) is 6.72. The first-order valence-corrected chi connectivity index (χ1v) is 6.72. The molecule has 0 spiro atoms. The monoisotopic (exact) mass is 272 g/mol. The molecule has 2 N–H and O–H groups in total. The first-order chi connectivity index (χ1) is 9.47. The zero-order chi connectivity index (χ0) is 14.6. The Labute approximate surface area is 118 Å². The number of rotatable bonds is 4. The second-order valence-electron chi connectivity index (χ2n) is 5.75. The van der Waals surface area contributed by atoms with Crippen LogP contribution in [0.2, 0.25) is 0 Å². The smallest absolute Gasteiger partial charge is 0.290 e. The molecule has 106 valence electrons. The van der Waals surface area contributed by atoms with Crippen molar-refractivity contribution in [3.8, 4) is 0 Å². The molecule has 0 saturated heterocycles. The van der Waals surface area contributed by atoms with E-state index in [4.69, 9.17) is 0 Å². The minimum absolute atomic E-state index is 0.143. The van der Waals surface area contributed by atoms with Gasteiger partial charge in [0.2, 0.25) is 5.82 Å². The minimum Gasteiger partial charge on any atom is -0.349 e. The zero-order valence-corrected chi connectivity index (χ0v) is 12.1. The van der Waals surface area contributed by atoms with Crippen LogP contribution < -0.4 is 5.32 Å². The molecule has 0 bridgehead atoms. The molecular weight excluding hydrogens is 252 g/mol. The number of nitrogens with one attached hydrogen (secondary N) is 2. The van der Waals surface area contributed by atoms with Gasteiger partial charge < -0.3 is 5.32 Å². The summed E-state index contributed by atoms with van der Waals surface area (Å²) in [5, 5.41) is 9.60. The first kappa shape index (κ1) is 14.2. The van der Waals surface area contributed by atoms with Crippen LogP contribution in [0.5, 0.6) is 0 Å². The lowest BCUT2D eigenvalue weighted by Crippen LogP contribution is -2.27. The number of aromatic amines is 1. The number of benzene rings is 1. The number of amides is 1. The standard InChI is InChI=1S/C15H20N4O/c1-15(2,3)14-17-12(18-19-14)13(20)16-10-9-11-7-5-4-6-8-11/h4-8H,9-10H2,1-3H3,(H,16,20)(H,17,18,19). The number of hydrogen-bond acceptors (Lipinski definition) is 3. The van der Waals surface area contributed by atoms with Crippen LogP contribution in [0.3, 0.4) is 0 Å². The van der Waals surface area contributed by atoms with Crippen LogP contribution >= 0.6 is 0 Å². The van der Waals surface area contributed by atoms with E-state index in [2.05, 4.69) is 20.5 Å². The Morgan fingerprint density at radius 1 is 1.25 bits per heavy atom. The van der Waals surface area contributed by atoms with Gasteiger partial charge in [-0.05, 0) is 12.0 Å². The van der Waals surface area contributed by atoms with E-state index < -0.39 is 0 Å². The van der Waals surface area contributed by atoms with Gasteiger partial charge in [-0.3, -0.25) is 9.89 Å². The molecule has 0 unspecified atom stereocenters. The largest absolute Gasteiger partial charge is 0.349 e. The van der Waals surface area contributed by atoms with Crippen molar-refractivity contribution in [2.75, 3.05) is 6.54 Å². The van der Waals surface area contributed by atoms with E-state index in [9.17, 15) is 4.79 Å². The molecule has 0 saturated carbocycles. The third-order valence-corrected chi connectivity index (χ3v) is 2.94. The molecule has 0 fully saturated rings. The van der Waals surface area contributed by atoms with Gasteiger partial charge in [-0.15, -0.1) is 5.10 Å². The van der Waals surface area contributed by atoms with E-state index in [0.29, 0.717) is 12.4 Å². The minimum atomic E-state index is -0.243. The summed E-state index contributed by atoms with van der Waals surface area (Å²) in [7, 11) is 0. The van der Waals surface area contributed by atoms with Crippen LogP contribution in [0, 0.1) is 0 Å². The van der Waals surface area contributed by atoms with E-state index in [1.54, 1.807) is 0 Å². The van der Waals surface area contributed by atoms with Crippen molar-refractivity contribution in [3.63, 3.8) is 0 Å². The Bertz CT molecular complexity index is 569. The molecule has 20 heavy (non-hydrogen) atoms. The molecule has 5 nitrogen and oxygen atoms in total. The topological polar surface area (TPSA) is 70.7 Å². The van der Waals surface area contributed by atoms with Gasteiger partial charge in [0, 0.05) is 12.0 Å². The Balaban J connectivity index is 1.88. The van der Waals surface area contributed by atoms with Gasteiger partial charge in [-0.2, -0.15) is 0 Å². The van der Waals surface area contributed by atoms with Gasteiger partial charge in [0.05, 0.1) is 0 Å². The maximum atomic E-state index is 11.9. The molecule has 1 aromatic heterocycles. The average Bonchev–Trinajstić information content (AvgIpc) is 2.89. The molecule has 1 heterocycles. The number of H-pyrrole nitrogens is 1. The molecule has 0 aliphatic rings. The molecule has 2 rings (SSSR count). The van der Waals surface area contributed by atoms with Crippen molar-refractivity contribution in [3.05, 3.63) is 47.5 Å². The van der Waals surface area contributed by atoms with E-state index >= 15 is 0 Å². The van der Waals surface area contributed by atoms with Crippen LogP contribution in [-0.4, -0.2) is 27.6 Å². The van der Waals surface area contributed by atoms with Crippen molar-refractivity contribution in [1.29, 1.82) is 0 Å². The number of nitrogens with zero attached hydrogens (tertiary/aromatic N) is 2. The van der Waals surface area contributed by atoms with Gasteiger partial charge in [0.15, 0.2) is 0 Å². The molecule has 0 radical (unpaired) electrons. The number of hydrogen-bond donors (Lipinski definition) is 2. The molecule has 1 amide bonds. The summed E-state index contributed by atoms with van der Waals surface area (Å²) >= 11 is 0. The van der Waals surface area contributed by atoms with E-state index in [1.165, 1.54) is 5.56 Å². The molecule has 0 aliphatic carbocycles. The molecule has 1 aromatic carbocycles. The van der Waals surface area contributed by atoms with Crippen LogP contribution in [-0.2, 0) is 11.8 Å². The predicted octanol–water partition coefficient (Wildman–Crippen LogP) is 2.07. The highest BCUT2D eigenvalue weighted by atomic mass is 16.2. The summed E-state index contributed by atoms with van der Waals surface area (Å²) in [6, 6.07) is 10.0. The summed E-state index contributed by atoms with van der Waals surface area (Å²) in [6.07, 6.45) is 0.795. The van der Waals surface area contributed by atoms with Crippen molar-refractivity contribution < 1.29 is 4.79 Å². The second-order valence-corrected chi connectivity index (χ2v) is 5.75.